The minimum absolute atomic E-state index is 0.382. The lowest BCUT2D eigenvalue weighted by Gasteiger charge is -1.89. The maximum atomic E-state index is 10.7. The van der Waals surface area contributed by atoms with E-state index in [1.807, 2.05) is 6.08 Å². The van der Waals surface area contributed by atoms with Gasteiger partial charge in [-0.3, -0.25) is 0 Å². The van der Waals surface area contributed by atoms with Crippen LogP contribution in [0, 0.1) is 11.8 Å². The molecule has 0 spiro atoms. The fraction of sp³-hybridized carbons (Fsp3) is 0.545. The van der Waals surface area contributed by atoms with E-state index in [9.17, 15) is 4.79 Å². The second-order valence-corrected chi connectivity index (χ2v) is 2.53. The number of rotatable bonds is 4. The van der Waals surface area contributed by atoms with E-state index in [0.29, 0.717) is 6.61 Å². The van der Waals surface area contributed by atoms with Crippen molar-refractivity contribution in [1.82, 2.24) is 0 Å². The molecule has 0 aliphatic heterocycles. The molecule has 0 amide bonds. The quantitative estimate of drug-likeness (QED) is 0.287. The fourth-order valence-electron chi connectivity index (χ4n) is 0.732. The molecule has 2 nitrogen and oxygen atoms in total. The van der Waals surface area contributed by atoms with Crippen molar-refractivity contribution in [1.29, 1.82) is 0 Å². The Bertz CT molecular complexity index is 218. The molecule has 0 rings (SSSR count). The Kier molecular flexibility index (Phi) is 8.02. The van der Waals surface area contributed by atoms with Gasteiger partial charge in [0.05, 0.1) is 6.61 Å². The maximum absolute atomic E-state index is 10.7. The van der Waals surface area contributed by atoms with Crippen LogP contribution in [0.15, 0.2) is 12.2 Å². The van der Waals surface area contributed by atoms with E-state index >= 15 is 0 Å². The normalized spacial score (nSPS) is 9.38. The van der Waals surface area contributed by atoms with Crippen LogP contribution < -0.4 is 0 Å². The topological polar surface area (TPSA) is 26.3 Å². The Balaban J connectivity index is 3.59. The van der Waals surface area contributed by atoms with E-state index in [1.54, 1.807) is 13.0 Å². The highest BCUT2D eigenvalue weighted by Gasteiger charge is 1.89. The van der Waals surface area contributed by atoms with E-state index in [2.05, 4.69) is 23.5 Å². The van der Waals surface area contributed by atoms with Crippen LogP contribution in [0.5, 0.6) is 0 Å². The van der Waals surface area contributed by atoms with Gasteiger partial charge in [-0.2, -0.15) is 0 Å². The van der Waals surface area contributed by atoms with Crippen molar-refractivity contribution >= 4 is 5.97 Å². The molecule has 0 radical (unpaired) electrons. The van der Waals surface area contributed by atoms with E-state index in [-0.39, 0.29) is 0 Å². The summed E-state index contributed by atoms with van der Waals surface area (Å²) in [5.74, 6) is 4.53. The molecule has 0 aliphatic carbocycles. The van der Waals surface area contributed by atoms with Crippen molar-refractivity contribution in [3.63, 3.8) is 0 Å². The maximum Gasteiger partial charge on any atom is 0.384 e. The highest BCUT2D eigenvalue weighted by atomic mass is 16.5. The number of carbonyl (C=O) groups excluding carboxylic acids is 1. The fourth-order valence-corrected chi connectivity index (χ4v) is 0.732. The minimum Gasteiger partial charge on any atom is -0.456 e. The van der Waals surface area contributed by atoms with Crippen molar-refractivity contribution in [2.45, 2.75) is 33.1 Å². The molecule has 0 saturated heterocycles. The lowest BCUT2D eigenvalue weighted by Crippen LogP contribution is -1.98. The number of ether oxygens (including phenoxy) is 1. The zero-order valence-corrected chi connectivity index (χ0v) is 8.30. The summed E-state index contributed by atoms with van der Waals surface area (Å²) >= 11 is 0. The summed E-state index contributed by atoms with van der Waals surface area (Å²) < 4.78 is 4.62. The molecule has 0 N–H and O–H groups in total. The molecular formula is C11H16O2. The van der Waals surface area contributed by atoms with Crippen LogP contribution in [0.1, 0.15) is 33.1 Å². The van der Waals surface area contributed by atoms with Crippen molar-refractivity contribution in [3.05, 3.63) is 12.2 Å². The summed E-state index contributed by atoms with van der Waals surface area (Å²) in [6.07, 6.45) is 7.03. The number of hydrogen-bond acceptors (Lipinski definition) is 2. The van der Waals surface area contributed by atoms with Gasteiger partial charge in [0.25, 0.3) is 0 Å². The molecule has 0 aromatic carbocycles. The summed E-state index contributed by atoms with van der Waals surface area (Å²) in [4.78, 5) is 10.7. The summed E-state index contributed by atoms with van der Waals surface area (Å²) in [7, 11) is 0. The summed E-state index contributed by atoms with van der Waals surface area (Å²) in [6, 6.07) is 0. The van der Waals surface area contributed by atoms with Crippen molar-refractivity contribution in [2.75, 3.05) is 6.61 Å². The van der Waals surface area contributed by atoms with Crippen LogP contribution in [-0.2, 0) is 9.53 Å². The Morgan fingerprint density at radius 2 is 2.23 bits per heavy atom. The van der Waals surface area contributed by atoms with Gasteiger partial charge in [0.15, 0.2) is 0 Å². The first kappa shape index (κ1) is 11.8. The van der Waals surface area contributed by atoms with Gasteiger partial charge in [0.1, 0.15) is 0 Å². The monoisotopic (exact) mass is 180 g/mol. The first-order valence-electron chi connectivity index (χ1n) is 4.64. The first-order valence-corrected chi connectivity index (χ1v) is 4.64. The van der Waals surface area contributed by atoms with Crippen molar-refractivity contribution in [2.24, 2.45) is 0 Å². The lowest BCUT2D eigenvalue weighted by molar-refractivity contribution is -0.136. The summed E-state index contributed by atoms with van der Waals surface area (Å²) in [5.41, 5.74) is 0. The number of esters is 1. The Morgan fingerprint density at radius 3 is 2.85 bits per heavy atom. The van der Waals surface area contributed by atoms with Crippen molar-refractivity contribution < 1.29 is 9.53 Å². The van der Waals surface area contributed by atoms with E-state index in [4.69, 9.17) is 0 Å². The van der Waals surface area contributed by atoms with Gasteiger partial charge < -0.3 is 4.74 Å². The zero-order valence-electron chi connectivity index (χ0n) is 8.30. The summed E-state index contributed by atoms with van der Waals surface area (Å²) in [5, 5.41) is 0. The highest BCUT2D eigenvalue weighted by molar-refractivity contribution is 5.88. The molecule has 2 heteroatoms. The van der Waals surface area contributed by atoms with Crippen LogP contribution in [-0.4, -0.2) is 12.6 Å². The number of unbranched alkanes of at least 4 members (excludes halogenated alkanes) is 2. The number of hydrogen-bond donors (Lipinski definition) is 0. The largest absolute Gasteiger partial charge is 0.456 e. The third-order valence-corrected chi connectivity index (χ3v) is 1.38. The Morgan fingerprint density at radius 1 is 1.46 bits per heavy atom. The number of allylic oxidation sites excluding steroid dienone is 2. The second kappa shape index (κ2) is 8.86. The molecule has 0 bridgehead atoms. The van der Waals surface area contributed by atoms with Gasteiger partial charge in [0, 0.05) is 5.92 Å². The average Bonchev–Trinajstić information content (AvgIpc) is 2.11. The third-order valence-electron chi connectivity index (χ3n) is 1.38. The molecule has 0 saturated carbocycles. The molecular weight excluding hydrogens is 164 g/mol. The molecule has 0 unspecified atom stereocenters. The van der Waals surface area contributed by atoms with Gasteiger partial charge in [-0.1, -0.05) is 31.8 Å². The van der Waals surface area contributed by atoms with Gasteiger partial charge in [0.2, 0.25) is 0 Å². The van der Waals surface area contributed by atoms with Gasteiger partial charge in [-0.15, -0.1) is 0 Å². The SMILES string of the molecule is CCCC/C=C/C#CC(=O)OCC. The van der Waals surface area contributed by atoms with Gasteiger partial charge in [-0.05, 0) is 19.4 Å². The Labute approximate surface area is 80.0 Å². The molecule has 72 valence electrons. The minimum atomic E-state index is -0.456. The van der Waals surface area contributed by atoms with Gasteiger partial charge >= 0.3 is 5.97 Å². The molecule has 0 aromatic heterocycles. The predicted octanol–water partition coefficient (Wildman–Crippen LogP) is 2.30. The van der Waals surface area contributed by atoms with Crippen LogP contribution in [0.4, 0.5) is 0 Å². The third kappa shape index (κ3) is 8.68. The lowest BCUT2D eigenvalue weighted by atomic mass is 10.2. The van der Waals surface area contributed by atoms with Crippen LogP contribution in [0.25, 0.3) is 0 Å². The van der Waals surface area contributed by atoms with E-state index < -0.39 is 5.97 Å². The van der Waals surface area contributed by atoms with E-state index in [1.165, 1.54) is 6.42 Å². The second-order valence-electron chi connectivity index (χ2n) is 2.53. The first-order chi connectivity index (χ1) is 6.31. The molecule has 0 heterocycles. The predicted molar refractivity (Wildman–Crippen MR) is 53.1 cm³/mol. The molecule has 0 aliphatic rings. The summed E-state index contributed by atoms with van der Waals surface area (Å²) in [6.45, 7) is 4.28. The van der Waals surface area contributed by atoms with Crippen LogP contribution in [0.2, 0.25) is 0 Å². The van der Waals surface area contributed by atoms with Gasteiger partial charge in [-0.25, -0.2) is 4.79 Å². The molecule has 0 atom stereocenters. The van der Waals surface area contributed by atoms with Crippen LogP contribution in [0.3, 0.4) is 0 Å². The molecule has 0 fully saturated rings. The Hall–Kier alpha value is -1.23. The molecule has 0 aromatic rings. The molecule has 13 heavy (non-hydrogen) atoms. The number of carbonyl (C=O) groups is 1. The average molecular weight is 180 g/mol. The van der Waals surface area contributed by atoms with Crippen LogP contribution >= 0.6 is 0 Å². The van der Waals surface area contributed by atoms with Crippen molar-refractivity contribution in [3.8, 4) is 11.8 Å². The highest BCUT2D eigenvalue weighted by Crippen LogP contribution is 1.93. The zero-order chi connectivity index (χ0) is 9.94. The van der Waals surface area contributed by atoms with E-state index in [0.717, 1.165) is 12.8 Å². The standard InChI is InChI=1S/C11H16O2/c1-3-5-6-7-8-9-10-11(12)13-4-2/h7-8H,3-6H2,1-2H3/b8-7+. The smallest absolute Gasteiger partial charge is 0.384 e.